The average Bonchev–Trinajstić information content (AvgIpc) is 3.00. The molecule has 0 bridgehead atoms. The van der Waals surface area contributed by atoms with Crippen LogP contribution in [0.2, 0.25) is 0 Å². The topological polar surface area (TPSA) is 39.3 Å². The number of halogens is 3. The van der Waals surface area contributed by atoms with Gasteiger partial charge in [0.1, 0.15) is 6.04 Å². The minimum Gasteiger partial charge on any atom is -0.361 e. The molecule has 1 fully saturated rings. The molecule has 1 aromatic carbocycles. The monoisotopic (exact) mass is 325 g/mol. The Morgan fingerprint density at radius 3 is 2.52 bits per heavy atom. The predicted octanol–water partition coefficient (Wildman–Crippen LogP) is 2.88. The number of amides is 1. The van der Waals surface area contributed by atoms with Crippen molar-refractivity contribution in [2.75, 3.05) is 26.2 Å². The van der Waals surface area contributed by atoms with Crippen molar-refractivity contribution in [2.24, 2.45) is 0 Å². The number of H-pyrrole nitrogens is 1. The summed E-state index contributed by atoms with van der Waals surface area (Å²) >= 11 is 0. The molecule has 1 aromatic heterocycles. The van der Waals surface area contributed by atoms with Gasteiger partial charge in [-0.25, -0.2) is 0 Å². The molecule has 1 amide bonds. The van der Waals surface area contributed by atoms with Gasteiger partial charge in [0.25, 0.3) is 5.91 Å². The zero-order chi connectivity index (χ0) is 16.6. The molecule has 0 unspecified atom stereocenters. The summed E-state index contributed by atoms with van der Waals surface area (Å²) in [6, 6.07) is 5.79. The van der Waals surface area contributed by atoms with Crippen molar-refractivity contribution in [1.29, 1.82) is 0 Å². The second-order valence-corrected chi connectivity index (χ2v) is 5.83. The first-order valence-corrected chi connectivity index (χ1v) is 7.53. The number of aromatic amines is 1. The van der Waals surface area contributed by atoms with E-state index in [4.69, 9.17) is 0 Å². The van der Waals surface area contributed by atoms with Gasteiger partial charge in [0.2, 0.25) is 0 Å². The fraction of sp³-hybridized carbons (Fsp3) is 0.438. The van der Waals surface area contributed by atoms with Gasteiger partial charge in [-0.15, -0.1) is 0 Å². The molecule has 1 saturated heterocycles. The summed E-state index contributed by atoms with van der Waals surface area (Å²) in [5.41, 5.74) is 1.51. The Morgan fingerprint density at radius 1 is 1.17 bits per heavy atom. The van der Waals surface area contributed by atoms with Crippen LogP contribution in [0, 0.1) is 0 Å². The summed E-state index contributed by atoms with van der Waals surface area (Å²) in [5, 5.41) is 0.945. The third-order valence-corrected chi connectivity index (χ3v) is 4.42. The van der Waals surface area contributed by atoms with Gasteiger partial charge in [0, 0.05) is 48.8 Å². The first kappa shape index (κ1) is 15.9. The van der Waals surface area contributed by atoms with E-state index in [2.05, 4.69) is 4.98 Å². The molecule has 1 aliphatic heterocycles. The summed E-state index contributed by atoms with van der Waals surface area (Å²) in [7, 11) is 0. The fourth-order valence-electron chi connectivity index (χ4n) is 2.89. The van der Waals surface area contributed by atoms with Crippen LogP contribution in [0.15, 0.2) is 30.5 Å². The lowest BCUT2D eigenvalue weighted by Crippen LogP contribution is -2.54. The molecule has 0 saturated carbocycles. The molecule has 124 valence electrons. The number of hydrogen-bond donors (Lipinski definition) is 1. The Balaban J connectivity index is 1.66. The molecule has 2 aromatic rings. The van der Waals surface area contributed by atoms with Crippen LogP contribution in [-0.4, -0.2) is 59.1 Å². The van der Waals surface area contributed by atoms with Crippen LogP contribution in [0.1, 0.15) is 17.3 Å². The summed E-state index contributed by atoms with van der Waals surface area (Å²) in [6.45, 7) is 2.25. The highest BCUT2D eigenvalue weighted by Gasteiger charge is 2.41. The second kappa shape index (κ2) is 5.88. The molecule has 4 nitrogen and oxygen atoms in total. The number of fused-ring (bicyclic) bond motifs is 1. The summed E-state index contributed by atoms with van der Waals surface area (Å²) < 4.78 is 38.2. The van der Waals surface area contributed by atoms with E-state index < -0.39 is 12.2 Å². The quantitative estimate of drug-likeness (QED) is 0.922. The number of benzene rings is 1. The van der Waals surface area contributed by atoms with E-state index in [1.54, 1.807) is 23.2 Å². The number of carbonyl (C=O) groups excluding carboxylic acids is 1. The lowest BCUT2D eigenvalue weighted by molar-refractivity contribution is -0.181. The zero-order valence-corrected chi connectivity index (χ0v) is 12.7. The lowest BCUT2D eigenvalue weighted by atomic mass is 10.1. The Labute approximate surface area is 131 Å². The van der Waals surface area contributed by atoms with Gasteiger partial charge in [-0.2, -0.15) is 13.2 Å². The predicted molar refractivity (Wildman–Crippen MR) is 81.3 cm³/mol. The molecule has 1 N–H and O–H groups in total. The minimum atomic E-state index is -4.23. The normalized spacial score (nSPS) is 18.3. The largest absolute Gasteiger partial charge is 0.403 e. The third-order valence-electron chi connectivity index (χ3n) is 4.42. The van der Waals surface area contributed by atoms with Crippen LogP contribution in [0.4, 0.5) is 13.2 Å². The number of hydrogen-bond acceptors (Lipinski definition) is 2. The SMILES string of the molecule is C[C@H](N1CCN(C(=O)c2ccc3[nH]ccc3c2)CC1)C(F)(F)F. The van der Waals surface area contributed by atoms with Gasteiger partial charge in [0.15, 0.2) is 0 Å². The summed E-state index contributed by atoms with van der Waals surface area (Å²) in [6.07, 6.45) is -2.43. The van der Waals surface area contributed by atoms with Gasteiger partial charge >= 0.3 is 6.18 Å². The van der Waals surface area contributed by atoms with Crippen LogP contribution in [0.5, 0.6) is 0 Å². The highest BCUT2D eigenvalue weighted by molar-refractivity contribution is 5.98. The molecule has 7 heteroatoms. The highest BCUT2D eigenvalue weighted by Crippen LogP contribution is 2.25. The molecule has 2 heterocycles. The van der Waals surface area contributed by atoms with Crippen molar-refractivity contribution >= 4 is 16.8 Å². The minimum absolute atomic E-state index is 0.132. The summed E-state index contributed by atoms with van der Waals surface area (Å²) in [5.74, 6) is -0.132. The van der Waals surface area contributed by atoms with Gasteiger partial charge in [-0.05, 0) is 31.2 Å². The molecular weight excluding hydrogens is 307 g/mol. The Kier molecular flexibility index (Phi) is 4.06. The van der Waals surface area contributed by atoms with Crippen LogP contribution in [-0.2, 0) is 0 Å². The van der Waals surface area contributed by atoms with Gasteiger partial charge in [-0.1, -0.05) is 0 Å². The molecular formula is C16H18F3N3O. The first-order valence-electron chi connectivity index (χ1n) is 7.53. The fourth-order valence-corrected chi connectivity index (χ4v) is 2.89. The van der Waals surface area contributed by atoms with E-state index in [0.717, 1.165) is 17.8 Å². The van der Waals surface area contributed by atoms with Crippen molar-refractivity contribution in [2.45, 2.75) is 19.1 Å². The Bertz CT molecular complexity index is 702. The molecule has 1 atom stereocenters. The number of nitrogens with one attached hydrogen (secondary N) is 1. The molecule has 23 heavy (non-hydrogen) atoms. The Hall–Kier alpha value is -2.02. The van der Waals surface area contributed by atoms with Crippen LogP contribution >= 0.6 is 0 Å². The maximum atomic E-state index is 12.7. The van der Waals surface area contributed by atoms with Gasteiger partial charge in [0.05, 0.1) is 0 Å². The van der Waals surface area contributed by atoms with Crippen LogP contribution in [0.25, 0.3) is 10.9 Å². The van der Waals surface area contributed by atoms with Crippen molar-refractivity contribution in [1.82, 2.24) is 14.8 Å². The smallest absolute Gasteiger partial charge is 0.361 e. The van der Waals surface area contributed by atoms with E-state index in [1.165, 1.54) is 4.90 Å². The molecule has 0 spiro atoms. The van der Waals surface area contributed by atoms with Crippen LogP contribution in [0.3, 0.4) is 0 Å². The van der Waals surface area contributed by atoms with E-state index in [-0.39, 0.29) is 19.0 Å². The number of aromatic nitrogens is 1. The third kappa shape index (κ3) is 3.19. The number of alkyl halides is 3. The average molecular weight is 325 g/mol. The van der Waals surface area contributed by atoms with Gasteiger partial charge in [-0.3, -0.25) is 9.69 Å². The molecule has 3 rings (SSSR count). The van der Waals surface area contributed by atoms with Gasteiger partial charge < -0.3 is 9.88 Å². The first-order chi connectivity index (χ1) is 10.9. The van der Waals surface area contributed by atoms with Crippen molar-refractivity contribution in [3.05, 3.63) is 36.0 Å². The van der Waals surface area contributed by atoms with E-state index in [1.807, 2.05) is 12.1 Å². The lowest BCUT2D eigenvalue weighted by Gasteiger charge is -2.38. The standard InChI is InChI=1S/C16H18F3N3O/c1-11(16(17,18)19)21-6-8-22(9-7-21)15(23)13-2-3-14-12(10-13)4-5-20-14/h2-5,10-11,20H,6-9H2,1H3/t11-/m0/s1. The maximum absolute atomic E-state index is 12.7. The zero-order valence-electron chi connectivity index (χ0n) is 12.7. The number of rotatable bonds is 2. The van der Waals surface area contributed by atoms with Crippen LogP contribution < -0.4 is 0 Å². The van der Waals surface area contributed by atoms with E-state index in [9.17, 15) is 18.0 Å². The maximum Gasteiger partial charge on any atom is 0.403 e. The Morgan fingerprint density at radius 2 is 1.87 bits per heavy atom. The molecule has 0 radical (unpaired) electrons. The second-order valence-electron chi connectivity index (χ2n) is 5.83. The summed E-state index contributed by atoms with van der Waals surface area (Å²) in [4.78, 5) is 18.6. The highest BCUT2D eigenvalue weighted by atomic mass is 19.4. The number of nitrogens with zero attached hydrogens (tertiary/aromatic N) is 2. The number of piperazine rings is 1. The van der Waals surface area contributed by atoms with Crippen molar-refractivity contribution in [3.8, 4) is 0 Å². The van der Waals surface area contributed by atoms with E-state index in [0.29, 0.717) is 18.7 Å². The molecule has 1 aliphatic rings. The number of carbonyl (C=O) groups is 1. The van der Waals surface area contributed by atoms with E-state index >= 15 is 0 Å². The van der Waals surface area contributed by atoms with Crippen molar-refractivity contribution < 1.29 is 18.0 Å². The molecule has 0 aliphatic carbocycles. The van der Waals surface area contributed by atoms with Crippen molar-refractivity contribution in [3.63, 3.8) is 0 Å².